The number of piperidine rings is 1. The van der Waals surface area contributed by atoms with E-state index in [1.54, 1.807) is 14.0 Å². The standard InChI is InChI=1S/C24H24F2N6O2/c1-4-34-22-18(26)12-15(13-29-22)20-21(14-5-6-19(28-2)17(25)11-14)30-24(31(3)23(20)33)32-9-7-16(27)8-10-32/h5-6,11-13,16H,4,7-10,27H2,1,3H3. The predicted molar refractivity (Wildman–Crippen MR) is 125 cm³/mol. The molecule has 0 spiro atoms. The Hall–Kier alpha value is -3.84. The Kier molecular flexibility index (Phi) is 6.56. The molecule has 10 heteroatoms. The van der Waals surface area contributed by atoms with Gasteiger partial charge in [-0.25, -0.2) is 23.6 Å². The van der Waals surface area contributed by atoms with E-state index < -0.39 is 17.2 Å². The lowest BCUT2D eigenvalue weighted by Crippen LogP contribution is -2.42. The molecule has 4 rings (SSSR count). The maximum Gasteiger partial charge on any atom is 0.263 e. The second kappa shape index (κ2) is 9.57. The van der Waals surface area contributed by atoms with Crippen LogP contribution in [0.5, 0.6) is 5.88 Å². The molecule has 3 heterocycles. The zero-order valence-corrected chi connectivity index (χ0v) is 18.9. The third-order valence-corrected chi connectivity index (χ3v) is 5.81. The number of nitrogens with zero attached hydrogens (tertiary/aromatic N) is 5. The van der Waals surface area contributed by atoms with Gasteiger partial charge in [0.05, 0.1) is 24.4 Å². The molecular weight excluding hydrogens is 442 g/mol. The fourth-order valence-corrected chi connectivity index (χ4v) is 3.99. The van der Waals surface area contributed by atoms with Gasteiger partial charge in [-0.05, 0) is 31.9 Å². The van der Waals surface area contributed by atoms with Crippen LogP contribution < -0.4 is 20.9 Å². The first-order chi connectivity index (χ1) is 16.3. The van der Waals surface area contributed by atoms with E-state index in [0.717, 1.165) is 25.0 Å². The lowest BCUT2D eigenvalue weighted by atomic mass is 10.0. The highest BCUT2D eigenvalue weighted by Gasteiger charge is 2.25. The van der Waals surface area contributed by atoms with Crippen LogP contribution in [0.25, 0.3) is 27.2 Å². The van der Waals surface area contributed by atoms with Crippen LogP contribution in [0.2, 0.25) is 0 Å². The second-order valence-corrected chi connectivity index (χ2v) is 8.05. The molecule has 1 fully saturated rings. The number of hydrogen-bond acceptors (Lipinski definition) is 6. The van der Waals surface area contributed by atoms with Crippen molar-refractivity contribution in [2.24, 2.45) is 12.8 Å². The van der Waals surface area contributed by atoms with Crippen LogP contribution in [0.15, 0.2) is 35.3 Å². The average Bonchev–Trinajstić information content (AvgIpc) is 2.83. The van der Waals surface area contributed by atoms with Gasteiger partial charge in [0.1, 0.15) is 5.82 Å². The number of nitrogens with two attached hydrogens (primary N) is 1. The molecule has 0 bridgehead atoms. The van der Waals surface area contributed by atoms with Crippen molar-refractivity contribution in [3.8, 4) is 28.3 Å². The van der Waals surface area contributed by atoms with E-state index >= 15 is 0 Å². The molecule has 176 valence electrons. The zero-order valence-electron chi connectivity index (χ0n) is 18.9. The van der Waals surface area contributed by atoms with Gasteiger partial charge in [0, 0.05) is 43.5 Å². The maximum absolute atomic E-state index is 14.6. The Bertz CT molecular complexity index is 1330. The summed E-state index contributed by atoms with van der Waals surface area (Å²) in [6.07, 6.45) is 2.82. The molecular formula is C24H24F2N6O2. The highest BCUT2D eigenvalue weighted by molar-refractivity contribution is 5.81. The lowest BCUT2D eigenvalue weighted by molar-refractivity contribution is 0.307. The first kappa shape index (κ1) is 23.3. The topological polar surface area (TPSA) is 90.6 Å². The van der Waals surface area contributed by atoms with Crippen molar-refractivity contribution in [1.82, 2.24) is 14.5 Å². The smallest absolute Gasteiger partial charge is 0.263 e. The van der Waals surface area contributed by atoms with Crippen LogP contribution >= 0.6 is 0 Å². The Labute approximate surface area is 195 Å². The maximum atomic E-state index is 14.6. The molecule has 0 aliphatic carbocycles. The molecule has 0 atom stereocenters. The quantitative estimate of drug-likeness (QED) is 0.577. The number of pyridine rings is 1. The molecule has 3 aromatic rings. The van der Waals surface area contributed by atoms with Crippen LogP contribution in [-0.2, 0) is 7.05 Å². The summed E-state index contributed by atoms with van der Waals surface area (Å²) in [4.78, 5) is 27.4. The summed E-state index contributed by atoms with van der Waals surface area (Å²) in [7, 11) is 1.59. The fraction of sp³-hybridized carbons (Fsp3) is 0.333. The van der Waals surface area contributed by atoms with E-state index in [9.17, 15) is 13.6 Å². The van der Waals surface area contributed by atoms with Crippen molar-refractivity contribution in [1.29, 1.82) is 0 Å². The first-order valence-corrected chi connectivity index (χ1v) is 10.9. The van der Waals surface area contributed by atoms with Gasteiger partial charge in [0.2, 0.25) is 17.5 Å². The number of aromatic nitrogens is 3. The minimum atomic E-state index is -0.734. The SMILES string of the molecule is [C-]#[N+]c1ccc(-c2nc(N3CCC(N)CC3)n(C)c(=O)c2-c2cnc(OCC)c(F)c2)cc1F. The van der Waals surface area contributed by atoms with Gasteiger partial charge in [-0.2, -0.15) is 0 Å². The number of anilines is 1. The molecule has 1 saturated heterocycles. The van der Waals surface area contributed by atoms with Crippen molar-refractivity contribution in [2.45, 2.75) is 25.8 Å². The highest BCUT2D eigenvalue weighted by atomic mass is 19.1. The van der Waals surface area contributed by atoms with Gasteiger partial charge in [0.25, 0.3) is 5.56 Å². The van der Waals surface area contributed by atoms with Gasteiger partial charge < -0.3 is 15.4 Å². The van der Waals surface area contributed by atoms with Crippen LogP contribution in [0, 0.1) is 18.2 Å². The molecule has 34 heavy (non-hydrogen) atoms. The van der Waals surface area contributed by atoms with Gasteiger partial charge in [0.15, 0.2) is 5.82 Å². The molecule has 8 nitrogen and oxygen atoms in total. The largest absolute Gasteiger partial charge is 0.476 e. The van der Waals surface area contributed by atoms with Crippen LogP contribution in [0.1, 0.15) is 19.8 Å². The summed E-state index contributed by atoms with van der Waals surface area (Å²) in [5.74, 6) is -1.23. The van der Waals surface area contributed by atoms with Crippen molar-refractivity contribution in [2.75, 3.05) is 24.6 Å². The molecule has 2 aromatic heterocycles. The van der Waals surface area contributed by atoms with E-state index in [1.165, 1.54) is 22.9 Å². The van der Waals surface area contributed by atoms with E-state index in [2.05, 4.69) is 9.83 Å². The highest BCUT2D eigenvalue weighted by Crippen LogP contribution is 2.33. The van der Waals surface area contributed by atoms with Gasteiger partial charge in [-0.1, -0.05) is 12.1 Å². The zero-order chi connectivity index (χ0) is 24.4. The average molecular weight is 466 g/mol. The third-order valence-electron chi connectivity index (χ3n) is 5.81. The van der Waals surface area contributed by atoms with Crippen molar-refractivity contribution >= 4 is 11.6 Å². The number of ether oxygens (including phenoxy) is 1. The molecule has 1 aliphatic heterocycles. The van der Waals surface area contributed by atoms with Gasteiger partial charge >= 0.3 is 0 Å². The Morgan fingerprint density at radius 1 is 1.21 bits per heavy atom. The van der Waals surface area contributed by atoms with Crippen LogP contribution in [0.4, 0.5) is 20.4 Å². The molecule has 1 aromatic carbocycles. The lowest BCUT2D eigenvalue weighted by Gasteiger charge is -2.32. The van der Waals surface area contributed by atoms with Gasteiger partial charge in [-0.3, -0.25) is 9.36 Å². The van der Waals surface area contributed by atoms with Crippen LogP contribution in [-0.4, -0.2) is 40.3 Å². The summed E-state index contributed by atoms with van der Waals surface area (Å²) in [5, 5.41) is 0. The van der Waals surface area contributed by atoms with Crippen molar-refractivity contribution in [3.63, 3.8) is 0 Å². The Morgan fingerprint density at radius 3 is 2.53 bits per heavy atom. The Balaban J connectivity index is 1.94. The van der Waals surface area contributed by atoms with E-state index in [-0.39, 0.29) is 41.0 Å². The molecule has 0 amide bonds. The monoisotopic (exact) mass is 466 g/mol. The first-order valence-electron chi connectivity index (χ1n) is 10.9. The second-order valence-electron chi connectivity index (χ2n) is 8.05. The van der Waals surface area contributed by atoms with Crippen molar-refractivity contribution in [3.05, 3.63) is 63.9 Å². The van der Waals surface area contributed by atoms with Crippen molar-refractivity contribution < 1.29 is 13.5 Å². The van der Waals surface area contributed by atoms with E-state index in [0.29, 0.717) is 24.6 Å². The van der Waals surface area contributed by atoms with E-state index in [1.807, 2.05) is 4.90 Å². The van der Waals surface area contributed by atoms with E-state index in [4.69, 9.17) is 22.0 Å². The normalized spacial score (nSPS) is 14.2. The summed E-state index contributed by atoms with van der Waals surface area (Å²) in [5.41, 5.74) is 6.17. The summed E-state index contributed by atoms with van der Waals surface area (Å²) >= 11 is 0. The molecule has 2 N–H and O–H groups in total. The molecule has 1 aliphatic rings. The number of halogens is 2. The minimum Gasteiger partial charge on any atom is -0.476 e. The molecule has 0 saturated carbocycles. The molecule has 0 radical (unpaired) electrons. The number of benzene rings is 1. The number of rotatable bonds is 5. The third kappa shape index (κ3) is 4.34. The fourth-order valence-electron chi connectivity index (χ4n) is 3.99. The summed E-state index contributed by atoms with van der Waals surface area (Å²) in [6.45, 7) is 10.3. The summed E-state index contributed by atoms with van der Waals surface area (Å²) < 4.78 is 35.7. The molecule has 0 unspecified atom stereocenters. The predicted octanol–water partition coefficient (Wildman–Crippen LogP) is 3.66. The van der Waals surface area contributed by atoms with Gasteiger partial charge in [-0.15, -0.1) is 0 Å². The summed E-state index contributed by atoms with van der Waals surface area (Å²) in [6, 6.07) is 5.25. The number of hydrogen-bond donors (Lipinski definition) is 1. The Morgan fingerprint density at radius 2 is 1.91 bits per heavy atom. The minimum absolute atomic E-state index is 0.0735. The van der Waals surface area contributed by atoms with Crippen LogP contribution in [0.3, 0.4) is 0 Å².